The first-order valence-electron chi connectivity index (χ1n) is 4.18. The second kappa shape index (κ2) is 3.96. The number of carbonyl (C=O) groups is 1. The molecular weight excluding hydrogens is 162 g/mol. The molecule has 0 aromatic rings. The molecule has 1 heterocycles. The van der Waals surface area contributed by atoms with Crippen molar-refractivity contribution in [1.29, 1.82) is 0 Å². The second-order valence-electron chi connectivity index (χ2n) is 3.14. The van der Waals surface area contributed by atoms with Gasteiger partial charge in [-0.2, -0.15) is 0 Å². The summed E-state index contributed by atoms with van der Waals surface area (Å²) in [5.41, 5.74) is 0. The molecule has 0 N–H and O–H groups in total. The van der Waals surface area contributed by atoms with E-state index in [1.54, 1.807) is 4.90 Å². The van der Waals surface area contributed by atoms with Crippen molar-refractivity contribution in [3.05, 3.63) is 0 Å². The monoisotopic (exact) mass is 175 g/mol. The number of carbonyl (C=O) groups excluding carboxylic acids is 1. The Hall–Kier alpha value is -0.240. The number of likely N-dealkylation sites (tertiary alicyclic amines) is 1. The van der Waals surface area contributed by atoms with Gasteiger partial charge in [0, 0.05) is 12.6 Å². The third-order valence-electron chi connectivity index (χ3n) is 2.28. The molecule has 1 amide bonds. The van der Waals surface area contributed by atoms with Gasteiger partial charge in [-0.05, 0) is 31.4 Å². The Labute approximate surface area is 72.5 Å². The highest BCUT2D eigenvalue weighted by Crippen LogP contribution is 2.17. The second-order valence-corrected chi connectivity index (χ2v) is 3.47. The molecule has 0 radical (unpaired) electrons. The molecule has 1 rings (SSSR count). The Kier molecular flexibility index (Phi) is 3.18. The van der Waals surface area contributed by atoms with Crippen LogP contribution in [0.15, 0.2) is 0 Å². The van der Waals surface area contributed by atoms with Gasteiger partial charge in [0.25, 0.3) is 0 Å². The van der Waals surface area contributed by atoms with Gasteiger partial charge in [0.15, 0.2) is 0 Å². The van der Waals surface area contributed by atoms with Crippen molar-refractivity contribution in [1.82, 2.24) is 4.90 Å². The van der Waals surface area contributed by atoms with Crippen LogP contribution in [0, 0.1) is 0 Å². The standard InChI is InChI=1S/C8H14ClNO/c1-7-5-3-2-4-6-10(7)8(9)11/h7H,2-6H2,1H3. The van der Waals surface area contributed by atoms with E-state index >= 15 is 0 Å². The molecule has 1 fully saturated rings. The predicted octanol–water partition coefficient (Wildman–Crippen LogP) is 2.61. The van der Waals surface area contributed by atoms with Crippen LogP contribution in [0.1, 0.15) is 32.6 Å². The Balaban J connectivity index is 2.52. The van der Waals surface area contributed by atoms with Gasteiger partial charge in [-0.15, -0.1) is 0 Å². The smallest absolute Gasteiger partial charge is 0.316 e. The van der Waals surface area contributed by atoms with Crippen LogP contribution < -0.4 is 0 Å². The van der Waals surface area contributed by atoms with E-state index in [-0.39, 0.29) is 5.37 Å². The van der Waals surface area contributed by atoms with Gasteiger partial charge in [-0.3, -0.25) is 4.79 Å². The minimum Gasteiger partial charge on any atom is -0.327 e. The molecule has 11 heavy (non-hydrogen) atoms. The summed E-state index contributed by atoms with van der Waals surface area (Å²) in [6, 6.07) is 0.336. The fraction of sp³-hybridized carbons (Fsp3) is 0.875. The maximum absolute atomic E-state index is 10.9. The molecule has 0 bridgehead atoms. The van der Waals surface area contributed by atoms with Gasteiger partial charge in [0.2, 0.25) is 0 Å². The minimum atomic E-state index is -0.292. The average Bonchev–Trinajstić information content (AvgIpc) is 2.13. The maximum atomic E-state index is 10.9. The largest absolute Gasteiger partial charge is 0.327 e. The van der Waals surface area contributed by atoms with E-state index in [0.717, 1.165) is 19.4 Å². The molecule has 0 aromatic heterocycles. The van der Waals surface area contributed by atoms with Gasteiger partial charge < -0.3 is 4.90 Å². The molecular formula is C8H14ClNO. The summed E-state index contributed by atoms with van der Waals surface area (Å²) < 4.78 is 0. The number of halogens is 1. The first-order valence-corrected chi connectivity index (χ1v) is 4.55. The summed E-state index contributed by atoms with van der Waals surface area (Å²) in [7, 11) is 0. The zero-order valence-corrected chi connectivity index (χ0v) is 7.60. The molecule has 0 spiro atoms. The molecule has 3 heteroatoms. The summed E-state index contributed by atoms with van der Waals surface area (Å²) in [6.07, 6.45) is 4.65. The van der Waals surface area contributed by atoms with Gasteiger partial charge in [-0.1, -0.05) is 12.8 Å². The maximum Gasteiger partial charge on any atom is 0.316 e. The molecule has 1 atom stereocenters. The fourth-order valence-electron chi connectivity index (χ4n) is 1.54. The van der Waals surface area contributed by atoms with Gasteiger partial charge in [0.1, 0.15) is 0 Å². The van der Waals surface area contributed by atoms with Crippen LogP contribution in [-0.4, -0.2) is 22.9 Å². The molecule has 2 nitrogen and oxygen atoms in total. The van der Waals surface area contributed by atoms with E-state index in [1.165, 1.54) is 12.8 Å². The molecule has 64 valence electrons. The summed E-state index contributed by atoms with van der Waals surface area (Å²) in [6.45, 7) is 2.90. The lowest BCUT2D eigenvalue weighted by atomic mass is 10.1. The molecule has 0 aliphatic carbocycles. The van der Waals surface area contributed by atoms with Crippen molar-refractivity contribution in [2.45, 2.75) is 38.6 Å². The molecule has 1 aliphatic heterocycles. The fourth-order valence-corrected chi connectivity index (χ4v) is 1.79. The van der Waals surface area contributed by atoms with E-state index < -0.39 is 0 Å². The molecule has 1 saturated heterocycles. The van der Waals surface area contributed by atoms with E-state index in [4.69, 9.17) is 11.6 Å². The minimum absolute atomic E-state index is 0.292. The van der Waals surface area contributed by atoms with Crippen LogP contribution >= 0.6 is 11.6 Å². The van der Waals surface area contributed by atoms with Crippen molar-refractivity contribution in [2.75, 3.05) is 6.54 Å². The van der Waals surface area contributed by atoms with Crippen LogP contribution in [-0.2, 0) is 0 Å². The number of amides is 1. The zero-order chi connectivity index (χ0) is 8.27. The molecule has 0 saturated carbocycles. The first-order chi connectivity index (χ1) is 5.22. The van der Waals surface area contributed by atoms with Crippen LogP contribution in [0.3, 0.4) is 0 Å². The quantitative estimate of drug-likeness (QED) is 0.410. The van der Waals surface area contributed by atoms with Crippen molar-refractivity contribution < 1.29 is 4.79 Å². The van der Waals surface area contributed by atoms with Crippen LogP contribution in [0.2, 0.25) is 0 Å². The highest BCUT2D eigenvalue weighted by molar-refractivity contribution is 6.62. The van der Waals surface area contributed by atoms with Crippen molar-refractivity contribution >= 4 is 17.0 Å². The van der Waals surface area contributed by atoms with Gasteiger partial charge in [0.05, 0.1) is 0 Å². The van der Waals surface area contributed by atoms with Crippen LogP contribution in [0.5, 0.6) is 0 Å². The summed E-state index contributed by atoms with van der Waals surface area (Å²) >= 11 is 5.41. The third-order valence-corrected chi connectivity index (χ3v) is 2.50. The van der Waals surface area contributed by atoms with Crippen molar-refractivity contribution in [3.63, 3.8) is 0 Å². The lowest BCUT2D eigenvalue weighted by Crippen LogP contribution is -2.34. The van der Waals surface area contributed by atoms with Gasteiger partial charge >= 0.3 is 5.37 Å². The topological polar surface area (TPSA) is 20.3 Å². The number of hydrogen-bond donors (Lipinski definition) is 0. The normalized spacial score (nSPS) is 26.4. The highest BCUT2D eigenvalue weighted by Gasteiger charge is 2.19. The summed E-state index contributed by atoms with van der Waals surface area (Å²) in [4.78, 5) is 12.6. The summed E-state index contributed by atoms with van der Waals surface area (Å²) in [5, 5.41) is -0.292. The Morgan fingerprint density at radius 2 is 2.18 bits per heavy atom. The van der Waals surface area contributed by atoms with Crippen LogP contribution in [0.4, 0.5) is 4.79 Å². The summed E-state index contributed by atoms with van der Waals surface area (Å²) in [5.74, 6) is 0. The van der Waals surface area contributed by atoms with Crippen molar-refractivity contribution in [2.24, 2.45) is 0 Å². The SMILES string of the molecule is CC1CCCCCN1C(=O)Cl. The number of nitrogens with zero attached hydrogens (tertiary/aromatic N) is 1. The lowest BCUT2D eigenvalue weighted by molar-refractivity contribution is 0.204. The van der Waals surface area contributed by atoms with E-state index in [0.29, 0.717) is 6.04 Å². The lowest BCUT2D eigenvalue weighted by Gasteiger charge is -2.23. The predicted molar refractivity (Wildman–Crippen MR) is 45.9 cm³/mol. The molecule has 0 aromatic carbocycles. The van der Waals surface area contributed by atoms with E-state index in [9.17, 15) is 4.79 Å². The van der Waals surface area contributed by atoms with Crippen molar-refractivity contribution in [3.8, 4) is 0 Å². The van der Waals surface area contributed by atoms with E-state index in [2.05, 4.69) is 6.92 Å². The highest BCUT2D eigenvalue weighted by atomic mass is 35.5. The van der Waals surface area contributed by atoms with Gasteiger partial charge in [-0.25, -0.2) is 0 Å². The zero-order valence-electron chi connectivity index (χ0n) is 6.85. The van der Waals surface area contributed by atoms with E-state index in [1.807, 2.05) is 0 Å². The Morgan fingerprint density at radius 1 is 1.45 bits per heavy atom. The number of hydrogen-bond acceptors (Lipinski definition) is 1. The Morgan fingerprint density at radius 3 is 2.82 bits per heavy atom. The first kappa shape index (κ1) is 8.85. The van der Waals surface area contributed by atoms with Crippen LogP contribution in [0.25, 0.3) is 0 Å². The Bertz CT molecular complexity index is 149. The third kappa shape index (κ3) is 2.37. The molecule has 1 aliphatic rings. The average molecular weight is 176 g/mol. The number of rotatable bonds is 0. The molecule has 1 unspecified atom stereocenters.